The van der Waals surface area contributed by atoms with Crippen LogP contribution in [0.15, 0.2) is 6.07 Å². The van der Waals surface area contributed by atoms with Crippen molar-refractivity contribution in [3.8, 4) is 5.92 Å². The summed E-state index contributed by atoms with van der Waals surface area (Å²) in [5.74, 6) is 2.48. The third kappa shape index (κ3) is 1.23. The highest BCUT2D eigenvalue weighted by molar-refractivity contribution is 5.50. The third-order valence-electron chi connectivity index (χ3n) is 2.48. The maximum absolute atomic E-state index is 7.14. The van der Waals surface area contributed by atoms with Crippen LogP contribution in [-0.4, -0.2) is 0 Å². The highest BCUT2D eigenvalue weighted by Gasteiger charge is 2.04. The summed E-state index contributed by atoms with van der Waals surface area (Å²) in [5, 5.41) is 0. The van der Waals surface area contributed by atoms with Gasteiger partial charge in [0.15, 0.2) is 0 Å². The van der Waals surface area contributed by atoms with Crippen LogP contribution in [0.4, 0.5) is 0 Å². The van der Waals surface area contributed by atoms with Crippen LogP contribution in [0.1, 0.15) is 27.8 Å². The van der Waals surface area contributed by atoms with Gasteiger partial charge in [-0.1, -0.05) is 12.0 Å². The van der Waals surface area contributed by atoms with E-state index in [9.17, 15) is 0 Å². The van der Waals surface area contributed by atoms with Crippen molar-refractivity contribution >= 4 is 0 Å². The van der Waals surface area contributed by atoms with E-state index in [1.165, 1.54) is 16.7 Å². The maximum atomic E-state index is 7.14. The third-order valence-corrected chi connectivity index (χ3v) is 2.48. The summed E-state index contributed by atoms with van der Waals surface area (Å²) in [7, 11) is 0. The predicted octanol–water partition coefficient (Wildman–Crippen LogP) is 2.86. The van der Waals surface area contributed by atoms with E-state index in [-0.39, 0.29) is 0 Å². The first-order valence-corrected chi connectivity index (χ1v) is 4.08. The van der Waals surface area contributed by atoms with Gasteiger partial charge in [0.2, 0.25) is 0 Å². The maximum Gasteiger partial charge on any atom is 0.0316 e. The van der Waals surface area contributed by atoms with Crippen molar-refractivity contribution in [1.29, 1.82) is 0 Å². The summed E-state index contributed by atoms with van der Waals surface area (Å²) in [5.41, 5.74) is 5.84. The summed E-state index contributed by atoms with van der Waals surface area (Å²) in [6.07, 6.45) is 7.14. The second kappa shape index (κ2) is 3.03. The van der Waals surface area contributed by atoms with Crippen molar-refractivity contribution in [2.24, 2.45) is 0 Å². The van der Waals surface area contributed by atoms with Crippen molar-refractivity contribution in [3.05, 3.63) is 40.3 Å². The molecular formula is C12H13. The molecule has 12 heavy (non-hydrogen) atoms. The number of benzene rings is 1. The Morgan fingerprint density at radius 3 is 2.08 bits per heavy atom. The van der Waals surface area contributed by atoms with Gasteiger partial charge in [-0.05, 0) is 56.4 Å². The molecule has 0 heterocycles. The van der Waals surface area contributed by atoms with Crippen molar-refractivity contribution < 1.29 is 0 Å². The largest absolute Gasteiger partial charge is 0.0549 e. The molecule has 1 rings (SSSR count). The van der Waals surface area contributed by atoms with E-state index in [0.717, 1.165) is 11.1 Å². The molecule has 0 heteroatoms. The normalized spacial score (nSPS) is 9.58. The van der Waals surface area contributed by atoms with Gasteiger partial charge in [-0.2, -0.15) is 0 Å². The minimum absolute atomic E-state index is 0.943. The van der Waals surface area contributed by atoms with Crippen LogP contribution in [-0.2, 0) is 0 Å². The predicted molar refractivity (Wildman–Crippen MR) is 51.6 cm³/mol. The fourth-order valence-electron chi connectivity index (χ4n) is 1.48. The Balaban J connectivity index is 3.54. The molecule has 0 bridgehead atoms. The Hall–Kier alpha value is -1.22. The Morgan fingerprint density at radius 1 is 1.00 bits per heavy atom. The topological polar surface area (TPSA) is 0 Å². The molecule has 0 nitrogen and oxygen atoms in total. The molecule has 0 unspecified atom stereocenters. The van der Waals surface area contributed by atoms with E-state index in [2.05, 4.69) is 25.8 Å². The van der Waals surface area contributed by atoms with Crippen LogP contribution in [0, 0.1) is 40.0 Å². The van der Waals surface area contributed by atoms with E-state index in [1.54, 1.807) is 0 Å². The van der Waals surface area contributed by atoms with Crippen molar-refractivity contribution in [2.75, 3.05) is 0 Å². The highest BCUT2D eigenvalue weighted by Crippen LogP contribution is 2.20. The molecular weight excluding hydrogens is 144 g/mol. The van der Waals surface area contributed by atoms with Gasteiger partial charge < -0.3 is 0 Å². The molecule has 0 saturated heterocycles. The number of rotatable bonds is 0. The van der Waals surface area contributed by atoms with Crippen LogP contribution < -0.4 is 0 Å². The Kier molecular flexibility index (Phi) is 2.24. The monoisotopic (exact) mass is 157 g/mol. The van der Waals surface area contributed by atoms with Crippen molar-refractivity contribution in [2.45, 2.75) is 27.7 Å². The van der Waals surface area contributed by atoms with E-state index in [1.807, 2.05) is 13.8 Å². The zero-order chi connectivity index (χ0) is 9.30. The Morgan fingerprint density at radius 2 is 1.58 bits per heavy atom. The van der Waals surface area contributed by atoms with Gasteiger partial charge in [-0.3, -0.25) is 0 Å². The van der Waals surface area contributed by atoms with Gasteiger partial charge in [-0.25, -0.2) is 0 Å². The molecule has 1 aromatic carbocycles. The molecule has 0 amide bonds. The van der Waals surface area contributed by atoms with Crippen LogP contribution in [0.5, 0.6) is 0 Å². The molecule has 1 aromatic rings. The highest BCUT2D eigenvalue weighted by atomic mass is 14.1. The van der Waals surface area contributed by atoms with E-state index in [0.29, 0.717) is 0 Å². The minimum atomic E-state index is 0.943. The Bertz CT molecular complexity index is 351. The fourth-order valence-corrected chi connectivity index (χ4v) is 1.48. The fraction of sp³-hybridized carbons (Fsp3) is 0.333. The number of hydrogen-bond donors (Lipinski definition) is 0. The van der Waals surface area contributed by atoms with E-state index in [4.69, 9.17) is 6.42 Å². The van der Waals surface area contributed by atoms with E-state index < -0.39 is 0 Å². The average Bonchev–Trinajstić information content (AvgIpc) is 2.01. The first kappa shape index (κ1) is 8.87. The minimum Gasteiger partial charge on any atom is -0.0549 e. The van der Waals surface area contributed by atoms with E-state index >= 15 is 0 Å². The molecule has 0 aliphatic heterocycles. The van der Waals surface area contributed by atoms with Crippen LogP contribution in [0.2, 0.25) is 0 Å². The van der Waals surface area contributed by atoms with Crippen LogP contribution in [0.25, 0.3) is 0 Å². The summed E-state index contributed by atoms with van der Waals surface area (Å²) in [6.45, 7) is 8.26. The lowest BCUT2D eigenvalue weighted by molar-refractivity contribution is 1.22. The lowest BCUT2D eigenvalue weighted by Gasteiger charge is -2.09. The zero-order valence-electron chi connectivity index (χ0n) is 8.08. The van der Waals surface area contributed by atoms with Crippen LogP contribution in [0.3, 0.4) is 0 Å². The molecule has 1 radical (unpaired) electrons. The average molecular weight is 157 g/mol. The second-order valence-corrected chi connectivity index (χ2v) is 3.26. The zero-order valence-corrected chi connectivity index (χ0v) is 8.08. The lowest BCUT2D eigenvalue weighted by atomic mass is 9.95. The first-order valence-electron chi connectivity index (χ1n) is 4.08. The van der Waals surface area contributed by atoms with Gasteiger partial charge in [0.1, 0.15) is 0 Å². The molecule has 61 valence electrons. The van der Waals surface area contributed by atoms with Gasteiger partial charge in [0, 0.05) is 5.56 Å². The van der Waals surface area contributed by atoms with Crippen LogP contribution >= 0.6 is 0 Å². The summed E-state index contributed by atoms with van der Waals surface area (Å²) in [6, 6.07) is 2.11. The first-order chi connectivity index (χ1) is 5.57. The quantitative estimate of drug-likeness (QED) is 0.508. The molecule has 0 saturated carbocycles. The second-order valence-electron chi connectivity index (χ2n) is 3.26. The molecule has 0 N–H and O–H groups in total. The summed E-state index contributed by atoms with van der Waals surface area (Å²) < 4.78 is 0. The molecule has 0 fully saturated rings. The molecule has 0 aromatic heterocycles. The smallest absolute Gasteiger partial charge is 0.0316 e. The van der Waals surface area contributed by atoms with Gasteiger partial charge >= 0.3 is 0 Å². The molecule has 0 atom stereocenters. The van der Waals surface area contributed by atoms with Gasteiger partial charge in [-0.15, -0.1) is 0 Å². The van der Waals surface area contributed by atoms with Gasteiger partial charge in [0.05, 0.1) is 0 Å². The number of aryl methyl sites for hydroxylation is 2. The number of hydrogen-bond acceptors (Lipinski definition) is 0. The van der Waals surface area contributed by atoms with Crippen molar-refractivity contribution in [1.82, 2.24) is 0 Å². The molecule has 0 aliphatic carbocycles. The lowest BCUT2D eigenvalue weighted by Crippen LogP contribution is -1.94. The molecule has 0 aliphatic rings. The summed E-state index contributed by atoms with van der Waals surface area (Å²) in [4.78, 5) is 0. The van der Waals surface area contributed by atoms with Crippen molar-refractivity contribution in [3.63, 3.8) is 0 Å². The SMILES string of the molecule is [C]#Cc1c(C)cc(C)c(C)c1C. The standard InChI is InChI=1S/C12H13/c1-6-12-9(3)7-8(2)10(4)11(12)5/h7H,2-5H3. The van der Waals surface area contributed by atoms with Gasteiger partial charge in [0.25, 0.3) is 0 Å². The summed E-state index contributed by atoms with van der Waals surface area (Å²) >= 11 is 0. The Labute approximate surface area is 74.6 Å². The molecule has 0 spiro atoms.